The van der Waals surface area contributed by atoms with Crippen molar-refractivity contribution < 1.29 is 9.55 Å². The molecule has 0 aliphatic heterocycles. The standard InChI is InChI=1S/C33H51N5O4/c1-21(2)9-7-10-22(3)24-12-13-25-23-11-16-29(34-39)33(5,26(23)17-19-32(24,25)4)18-8-20-37(6)27-14-15-28(38(40)41)31-30(27)35-42-36-31/h14-15,21-26,29H,7-13,16-20H2,1-6H3/t22-,23?,24-,25?,26?,29?,32-,33-/m1/s1. The Morgan fingerprint density at radius 3 is 2.52 bits per heavy atom. The van der Waals surface area contributed by atoms with E-state index < -0.39 is 4.92 Å². The average molecular weight is 582 g/mol. The van der Waals surface area contributed by atoms with Crippen LogP contribution in [0.2, 0.25) is 0 Å². The third kappa shape index (κ3) is 5.45. The van der Waals surface area contributed by atoms with E-state index in [0.717, 1.165) is 61.6 Å². The van der Waals surface area contributed by atoms with Crippen LogP contribution >= 0.6 is 0 Å². The lowest BCUT2D eigenvalue weighted by Gasteiger charge is -2.58. The number of nitroso groups, excluding NO2 is 1. The topological polar surface area (TPSA) is 115 Å². The van der Waals surface area contributed by atoms with Gasteiger partial charge in [0, 0.05) is 19.7 Å². The number of benzene rings is 1. The third-order valence-corrected chi connectivity index (χ3v) is 12.3. The SMILES string of the molecule is CC(C)CCC[C@@H](C)[C@H]1CCC2C3CCC(N=O)[C@](C)(CCCN(C)c4ccc([N+](=O)[O-])c5nonc45)C3CC[C@@]21C. The van der Waals surface area contributed by atoms with Gasteiger partial charge in [-0.3, -0.25) is 10.1 Å². The van der Waals surface area contributed by atoms with Crippen molar-refractivity contribution in [3.05, 3.63) is 27.2 Å². The van der Waals surface area contributed by atoms with Crippen LogP contribution in [0.1, 0.15) is 105 Å². The van der Waals surface area contributed by atoms with Gasteiger partial charge in [-0.2, -0.15) is 4.91 Å². The maximum absolute atomic E-state index is 12.2. The minimum atomic E-state index is -0.460. The summed E-state index contributed by atoms with van der Waals surface area (Å²) in [6.45, 7) is 12.9. The van der Waals surface area contributed by atoms with E-state index in [1.54, 1.807) is 6.07 Å². The first kappa shape index (κ1) is 30.9. The molecule has 0 N–H and O–H groups in total. The summed E-state index contributed by atoms with van der Waals surface area (Å²) in [4.78, 5) is 25.2. The molecule has 0 spiro atoms. The molecule has 42 heavy (non-hydrogen) atoms. The zero-order valence-corrected chi connectivity index (χ0v) is 26.6. The lowest BCUT2D eigenvalue weighted by Crippen LogP contribution is -2.53. The van der Waals surface area contributed by atoms with Gasteiger partial charge < -0.3 is 4.90 Å². The van der Waals surface area contributed by atoms with E-state index in [1.165, 1.54) is 51.0 Å². The van der Waals surface area contributed by atoms with Crippen LogP contribution in [0, 0.1) is 61.4 Å². The summed E-state index contributed by atoms with van der Waals surface area (Å²) in [6.07, 6.45) is 13.1. The second-order valence-corrected chi connectivity index (χ2v) is 15.0. The van der Waals surface area contributed by atoms with E-state index in [0.29, 0.717) is 22.8 Å². The maximum atomic E-state index is 12.2. The first-order chi connectivity index (χ1) is 20.0. The first-order valence-electron chi connectivity index (χ1n) is 16.4. The molecule has 4 unspecified atom stereocenters. The van der Waals surface area contributed by atoms with Crippen molar-refractivity contribution in [2.75, 3.05) is 18.5 Å². The monoisotopic (exact) mass is 581 g/mol. The second-order valence-electron chi connectivity index (χ2n) is 15.0. The van der Waals surface area contributed by atoms with Crippen molar-refractivity contribution in [2.24, 2.45) is 51.5 Å². The van der Waals surface area contributed by atoms with Crippen LogP contribution in [-0.4, -0.2) is 34.9 Å². The lowest BCUT2D eigenvalue weighted by molar-refractivity contribution is -0.383. The Hall–Kier alpha value is -2.58. The summed E-state index contributed by atoms with van der Waals surface area (Å²) < 4.78 is 4.87. The van der Waals surface area contributed by atoms with Crippen LogP contribution in [-0.2, 0) is 0 Å². The fourth-order valence-electron chi connectivity index (χ4n) is 10.1. The molecule has 1 aromatic heterocycles. The number of fused-ring (bicyclic) bond motifs is 4. The summed E-state index contributed by atoms with van der Waals surface area (Å²) in [7, 11) is 1.98. The van der Waals surface area contributed by atoms with Crippen molar-refractivity contribution in [3.63, 3.8) is 0 Å². The molecule has 5 rings (SSSR count). The quantitative estimate of drug-likeness (QED) is 0.140. The minimum absolute atomic E-state index is 0.103. The van der Waals surface area contributed by atoms with Gasteiger partial charge in [0.05, 0.1) is 16.7 Å². The van der Waals surface area contributed by atoms with Gasteiger partial charge in [0.25, 0.3) is 0 Å². The molecule has 8 atom stereocenters. The number of aromatic nitrogens is 2. The van der Waals surface area contributed by atoms with E-state index in [9.17, 15) is 15.0 Å². The Kier molecular flexibility index (Phi) is 8.96. The molecular formula is C33H51N5O4. The minimum Gasteiger partial charge on any atom is -0.373 e. The van der Waals surface area contributed by atoms with Gasteiger partial charge in [-0.25, -0.2) is 4.63 Å². The molecule has 0 saturated heterocycles. The third-order valence-electron chi connectivity index (χ3n) is 12.3. The number of anilines is 1. The Morgan fingerprint density at radius 1 is 1.05 bits per heavy atom. The van der Waals surface area contributed by atoms with E-state index in [2.05, 4.69) is 55.0 Å². The van der Waals surface area contributed by atoms with Crippen molar-refractivity contribution in [3.8, 4) is 0 Å². The number of nitro benzene ring substituents is 1. The highest BCUT2D eigenvalue weighted by Crippen LogP contribution is 2.66. The number of nitro groups is 1. The normalized spacial score (nSPS) is 33.4. The van der Waals surface area contributed by atoms with Crippen LogP contribution < -0.4 is 4.90 Å². The molecule has 0 bridgehead atoms. The summed E-state index contributed by atoms with van der Waals surface area (Å²) >= 11 is 0. The summed E-state index contributed by atoms with van der Waals surface area (Å²) in [5, 5.41) is 22.9. The highest BCUT2D eigenvalue weighted by molar-refractivity contribution is 5.93. The Morgan fingerprint density at radius 2 is 1.81 bits per heavy atom. The van der Waals surface area contributed by atoms with Gasteiger partial charge in [-0.05, 0) is 114 Å². The van der Waals surface area contributed by atoms with Gasteiger partial charge in [-0.15, -0.1) is 0 Å². The average Bonchev–Trinajstić information content (AvgIpc) is 3.57. The molecule has 9 heteroatoms. The van der Waals surface area contributed by atoms with Gasteiger partial charge in [-0.1, -0.05) is 59.1 Å². The molecular weight excluding hydrogens is 530 g/mol. The van der Waals surface area contributed by atoms with E-state index >= 15 is 0 Å². The Balaban J connectivity index is 1.27. The predicted octanol–water partition coefficient (Wildman–Crippen LogP) is 8.80. The van der Waals surface area contributed by atoms with E-state index in [-0.39, 0.29) is 22.7 Å². The maximum Gasteiger partial charge on any atom is 0.300 e. The fourth-order valence-corrected chi connectivity index (χ4v) is 10.1. The van der Waals surface area contributed by atoms with Gasteiger partial charge in [0.2, 0.25) is 5.52 Å². The Labute approximate surface area is 250 Å². The molecule has 2 aromatic rings. The zero-order chi connectivity index (χ0) is 30.2. The molecule has 232 valence electrons. The number of rotatable bonds is 12. The summed E-state index contributed by atoms with van der Waals surface area (Å²) in [6, 6.07) is 3.06. The zero-order valence-electron chi connectivity index (χ0n) is 26.6. The van der Waals surface area contributed by atoms with Crippen molar-refractivity contribution in [1.29, 1.82) is 0 Å². The highest BCUT2D eigenvalue weighted by atomic mass is 16.6. The van der Waals surface area contributed by atoms with Crippen LogP contribution in [0.4, 0.5) is 11.4 Å². The van der Waals surface area contributed by atoms with Crippen LogP contribution in [0.15, 0.2) is 21.9 Å². The van der Waals surface area contributed by atoms with Crippen LogP contribution in [0.5, 0.6) is 0 Å². The summed E-state index contributed by atoms with van der Waals surface area (Å²) in [5.41, 5.74) is 1.56. The molecule has 3 aliphatic rings. The number of hydrogen-bond acceptors (Lipinski definition) is 8. The molecule has 9 nitrogen and oxygen atoms in total. The van der Waals surface area contributed by atoms with Gasteiger partial charge in [0.15, 0.2) is 5.52 Å². The number of nitrogens with zero attached hydrogens (tertiary/aromatic N) is 5. The fraction of sp³-hybridized carbons (Fsp3) is 0.818. The molecule has 3 fully saturated rings. The highest BCUT2D eigenvalue weighted by Gasteiger charge is 2.60. The molecule has 0 radical (unpaired) electrons. The van der Waals surface area contributed by atoms with Gasteiger partial charge in [0.1, 0.15) is 0 Å². The molecule has 3 saturated carbocycles. The molecule has 1 heterocycles. The van der Waals surface area contributed by atoms with Crippen LogP contribution in [0.3, 0.4) is 0 Å². The Bertz CT molecular complexity index is 1260. The van der Waals surface area contributed by atoms with Gasteiger partial charge >= 0.3 is 5.69 Å². The molecule has 1 aromatic carbocycles. The predicted molar refractivity (Wildman–Crippen MR) is 166 cm³/mol. The lowest BCUT2D eigenvalue weighted by atomic mass is 9.47. The number of non-ortho nitro benzene ring substituents is 1. The molecule has 3 aliphatic carbocycles. The van der Waals surface area contributed by atoms with Crippen molar-refractivity contribution >= 4 is 22.4 Å². The van der Waals surface area contributed by atoms with E-state index in [4.69, 9.17) is 4.63 Å². The first-order valence-corrected chi connectivity index (χ1v) is 16.4. The van der Waals surface area contributed by atoms with Crippen molar-refractivity contribution in [2.45, 2.75) is 111 Å². The van der Waals surface area contributed by atoms with Crippen LogP contribution in [0.25, 0.3) is 11.0 Å². The van der Waals surface area contributed by atoms with E-state index in [1.807, 2.05) is 7.05 Å². The number of hydrogen-bond donors (Lipinski definition) is 0. The largest absolute Gasteiger partial charge is 0.373 e. The summed E-state index contributed by atoms with van der Waals surface area (Å²) in [5.74, 6) is 4.38. The second kappa shape index (κ2) is 12.2. The smallest absolute Gasteiger partial charge is 0.300 e. The molecule has 0 amide bonds. The van der Waals surface area contributed by atoms with Crippen molar-refractivity contribution in [1.82, 2.24) is 10.3 Å².